The Kier molecular flexibility index (Phi) is 7.98. The summed E-state index contributed by atoms with van der Waals surface area (Å²) in [5, 5.41) is 12.5. The zero-order valence-corrected chi connectivity index (χ0v) is 21.0. The van der Waals surface area contributed by atoms with Crippen LogP contribution in [-0.2, 0) is 6.54 Å². The standard InChI is InChI=1S/C27H31N5O2S/c1-3-9-19(2)12-13-29-25(33)23-16-22-24(35-23)26(34)32(18-21-11-6-5-10-20(21)17-28)27(30-22)31-14-7-4-8-15-31/h5-6,10-11,16H,2-4,7-9,12-15,18H2,1H3,(H,29,33). The second-order valence-electron chi connectivity index (χ2n) is 8.95. The van der Waals surface area contributed by atoms with E-state index in [0.29, 0.717) is 33.2 Å². The summed E-state index contributed by atoms with van der Waals surface area (Å²) in [4.78, 5) is 34.0. The maximum Gasteiger partial charge on any atom is 0.273 e. The van der Waals surface area contributed by atoms with Crippen LogP contribution in [0.5, 0.6) is 0 Å². The molecular weight excluding hydrogens is 458 g/mol. The number of carbonyl (C=O) groups is 1. The van der Waals surface area contributed by atoms with Gasteiger partial charge in [-0.05, 0) is 49.8 Å². The minimum Gasteiger partial charge on any atom is -0.351 e. The molecule has 0 aliphatic carbocycles. The molecule has 0 atom stereocenters. The molecule has 3 heterocycles. The molecule has 4 rings (SSSR count). The molecule has 1 aliphatic rings. The lowest BCUT2D eigenvalue weighted by Crippen LogP contribution is -2.36. The van der Waals surface area contributed by atoms with Crippen LogP contribution in [0, 0.1) is 11.3 Å². The largest absolute Gasteiger partial charge is 0.351 e. The summed E-state index contributed by atoms with van der Waals surface area (Å²) in [6.45, 7) is 8.59. The van der Waals surface area contributed by atoms with Gasteiger partial charge in [-0.25, -0.2) is 4.98 Å². The van der Waals surface area contributed by atoms with Crippen LogP contribution in [0.15, 0.2) is 47.3 Å². The summed E-state index contributed by atoms with van der Waals surface area (Å²) in [7, 11) is 0. The Bertz CT molecular complexity index is 1330. The SMILES string of the molecule is C=C(CCC)CCNC(=O)c1cc2nc(N3CCCCC3)n(Cc3ccccc3C#N)c(=O)c2s1. The van der Waals surface area contributed by atoms with E-state index >= 15 is 0 Å². The molecule has 1 saturated heterocycles. The number of benzene rings is 1. The summed E-state index contributed by atoms with van der Waals surface area (Å²) in [5.74, 6) is 0.410. The van der Waals surface area contributed by atoms with Gasteiger partial charge in [0.2, 0.25) is 5.95 Å². The number of nitriles is 1. The van der Waals surface area contributed by atoms with Gasteiger partial charge in [0.25, 0.3) is 11.5 Å². The summed E-state index contributed by atoms with van der Waals surface area (Å²) in [5.41, 5.74) is 2.81. The first-order chi connectivity index (χ1) is 17.0. The summed E-state index contributed by atoms with van der Waals surface area (Å²) >= 11 is 1.18. The first kappa shape index (κ1) is 24.7. The number of carbonyl (C=O) groups excluding carboxylic acids is 1. The number of amides is 1. The van der Waals surface area contributed by atoms with E-state index in [0.717, 1.165) is 62.8 Å². The van der Waals surface area contributed by atoms with E-state index < -0.39 is 0 Å². The molecule has 8 heteroatoms. The minimum absolute atomic E-state index is 0.177. The normalized spacial score (nSPS) is 13.5. The van der Waals surface area contributed by atoms with Gasteiger partial charge >= 0.3 is 0 Å². The zero-order chi connectivity index (χ0) is 24.8. The Morgan fingerprint density at radius 1 is 1.23 bits per heavy atom. The fourth-order valence-electron chi connectivity index (χ4n) is 4.44. The van der Waals surface area contributed by atoms with Crippen molar-refractivity contribution in [2.75, 3.05) is 24.5 Å². The number of thiophene rings is 1. The fourth-order valence-corrected chi connectivity index (χ4v) is 5.41. The highest BCUT2D eigenvalue weighted by molar-refractivity contribution is 7.20. The van der Waals surface area contributed by atoms with Crippen LogP contribution >= 0.6 is 11.3 Å². The van der Waals surface area contributed by atoms with Crippen molar-refractivity contribution >= 4 is 33.4 Å². The van der Waals surface area contributed by atoms with Crippen molar-refractivity contribution in [3.05, 3.63) is 68.8 Å². The third-order valence-corrected chi connectivity index (χ3v) is 7.42. The number of nitrogens with one attached hydrogen (secondary N) is 1. The van der Waals surface area contributed by atoms with E-state index in [1.54, 1.807) is 16.7 Å². The third-order valence-electron chi connectivity index (χ3n) is 6.31. The van der Waals surface area contributed by atoms with Gasteiger partial charge in [0.1, 0.15) is 4.70 Å². The van der Waals surface area contributed by atoms with Gasteiger partial charge in [0, 0.05) is 19.6 Å². The van der Waals surface area contributed by atoms with E-state index in [9.17, 15) is 14.9 Å². The molecular formula is C27H31N5O2S. The molecule has 0 radical (unpaired) electrons. The Labute approximate surface area is 209 Å². The van der Waals surface area contributed by atoms with Gasteiger partial charge in [-0.2, -0.15) is 5.26 Å². The van der Waals surface area contributed by atoms with Crippen molar-refractivity contribution < 1.29 is 4.79 Å². The number of fused-ring (bicyclic) bond motifs is 1. The number of aromatic nitrogens is 2. The van der Waals surface area contributed by atoms with Crippen molar-refractivity contribution in [1.29, 1.82) is 5.26 Å². The highest BCUT2D eigenvalue weighted by Gasteiger charge is 2.22. The van der Waals surface area contributed by atoms with Crippen LogP contribution in [0.4, 0.5) is 5.95 Å². The molecule has 7 nitrogen and oxygen atoms in total. The zero-order valence-electron chi connectivity index (χ0n) is 20.2. The van der Waals surface area contributed by atoms with Crippen molar-refractivity contribution in [2.24, 2.45) is 0 Å². The predicted octanol–water partition coefficient (Wildman–Crippen LogP) is 4.84. The van der Waals surface area contributed by atoms with E-state index in [4.69, 9.17) is 4.98 Å². The quantitative estimate of drug-likeness (QED) is 0.434. The van der Waals surface area contributed by atoms with E-state index in [-0.39, 0.29) is 18.0 Å². The van der Waals surface area contributed by atoms with E-state index in [2.05, 4.69) is 29.8 Å². The van der Waals surface area contributed by atoms with Crippen LogP contribution in [0.1, 0.15) is 66.2 Å². The first-order valence-electron chi connectivity index (χ1n) is 12.2. The number of hydrogen-bond acceptors (Lipinski definition) is 6. The van der Waals surface area contributed by atoms with Crippen molar-refractivity contribution in [3.8, 4) is 6.07 Å². The average Bonchev–Trinajstić information content (AvgIpc) is 3.31. The lowest BCUT2D eigenvalue weighted by atomic mass is 10.1. The predicted molar refractivity (Wildman–Crippen MR) is 141 cm³/mol. The molecule has 1 amide bonds. The molecule has 0 spiro atoms. The van der Waals surface area contributed by atoms with Crippen LogP contribution < -0.4 is 15.8 Å². The first-order valence-corrected chi connectivity index (χ1v) is 13.1. The Morgan fingerprint density at radius 2 is 2.00 bits per heavy atom. The average molecular weight is 490 g/mol. The number of hydrogen-bond donors (Lipinski definition) is 1. The molecule has 0 saturated carbocycles. The van der Waals surface area contributed by atoms with Crippen LogP contribution in [0.2, 0.25) is 0 Å². The van der Waals surface area contributed by atoms with Crippen molar-refractivity contribution in [2.45, 2.75) is 52.0 Å². The van der Waals surface area contributed by atoms with Gasteiger partial charge in [-0.15, -0.1) is 11.3 Å². The second-order valence-corrected chi connectivity index (χ2v) is 10.0. The number of nitrogens with zero attached hydrogens (tertiary/aromatic N) is 4. The van der Waals surface area contributed by atoms with Crippen LogP contribution in [0.3, 0.4) is 0 Å². The lowest BCUT2D eigenvalue weighted by Gasteiger charge is -2.29. The van der Waals surface area contributed by atoms with Crippen LogP contribution in [-0.4, -0.2) is 35.1 Å². The molecule has 1 aliphatic heterocycles. The van der Waals surface area contributed by atoms with Gasteiger partial charge in [0.05, 0.1) is 28.6 Å². The number of rotatable bonds is 9. The molecule has 182 valence electrons. The number of piperidine rings is 1. The summed E-state index contributed by atoms with van der Waals surface area (Å²) in [6.07, 6.45) is 5.99. The molecule has 1 N–H and O–H groups in total. The lowest BCUT2D eigenvalue weighted by molar-refractivity contribution is 0.0958. The summed E-state index contributed by atoms with van der Waals surface area (Å²) in [6, 6.07) is 11.3. The Morgan fingerprint density at radius 3 is 2.74 bits per heavy atom. The highest BCUT2D eigenvalue weighted by Crippen LogP contribution is 2.26. The molecule has 1 fully saturated rings. The second kappa shape index (κ2) is 11.3. The molecule has 2 aromatic heterocycles. The van der Waals surface area contributed by atoms with Crippen molar-refractivity contribution in [1.82, 2.24) is 14.9 Å². The third kappa shape index (κ3) is 5.63. The monoisotopic (exact) mass is 489 g/mol. The van der Waals surface area contributed by atoms with E-state index in [1.807, 2.05) is 18.2 Å². The molecule has 0 unspecified atom stereocenters. The number of anilines is 1. The highest BCUT2D eigenvalue weighted by atomic mass is 32.1. The minimum atomic E-state index is -0.197. The van der Waals surface area contributed by atoms with Gasteiger partial charge < -0.3 is 10.2 Å². The smallest absolute Gasteiger partial charge is 0.273 e. The topological polar surface area (TPSA) is 91.0 Å². The molecule has 1 aromatic carbocycles. The molecule has 35 heavy (non-hydrogen) atoms. The Balaban J connectivity index is 1.68. The molecule has 3 aromatic rings. The summed E-state index contributed by atoms with van der Waals surface area (Å²) < 4.78 is 2.12. The van der Waals surface area contributed by atoms with Crippen LogP contribution in [0.25, 0.3) is 10.2 Å². The Hall–Kier alpha value is -3.44. The van der Waals surface area contributed by atoms with Crippen molar-refractivity contribution in [3.63, 3.8) is 0 Å². The van der Waals surface area contributed by atoms with Gasteiger partial charge in [-0.3, -0.25) is 14.2 Å². The fraction of sp³-hybridized carbons (Fsp3) is 0.407. The van der Waals surface area contributed by atoms with E-state index in [1.165, 1.54) is 11.3 Å². The van der Waals surface area contributed by atoms with Gasteiger partial charge in [-0.1, -0.05) is 43.7 Å². The van der Waals surface area contributed by atoms with Gasteiger partial charge in [0.15, 0.2) is 0 Å². The maximum absolute atomic E-state index is 13.7. The molecule has 0 bridgehead atoms. The maximum atomic E-state index is 13.7.